The van der Waals surface area contributed by atoms with Crippen LogP contribution in [0.2, 0.25) is 0 Å². The maximum absolute atomic E-state index is 9.34. The number of quaternary nitrogens is 1. The molecule has 1 aliphatic heterocycles. The van der Waals surface area contributed by atoms with Gasteiger partial charge in [0.15, 0.2) is 0 Å². The molecular weight excluding hydrogens is 158 g/mol. The smallest absolute Gasteiger partial charge is 0.108 e. The molecule has 0 aromatic carbocycles. The lowest BCUT2D eigenvalue weighted by Gasteiger charge is -2.32. The van der Waals surface area contributed by atoms with Crippen molar-refractivity contribution in [3.05, 3.63) is 0 Å². The molecule has 1 rings (SSSR count). The second kappa shape index (κ2) is 4.18. The molecule has 72 valence electrons. The normalized spacial score (nSPS) is 27.8. The van der Waals surface area contributed by atoms with Crippen molar-refractivity contribution in [2.45, 2.75) is 12.5 Å². The highest BCUT2D eigenvalue weighted by Gasteiger charge is 2.36. The summed E-state index contributed by atoms with van der Waals surface area (Å²) in [5, 5.41) is 27.0. The number of nitrogens with zero attached hydrogens (tertiary/aromatic N) is 1. The van der Waals surface area contributed by atoms with Crippen LogP contribution in [-0.2, 0) is 0 Å². The zero-order chi connectivity index (χ0) is 9.03. The van der Waals surface area contributed by atoms with E-state index < -0.39 is 0 Å². The van der Waals surface area contributed by atoms with Crippen molar-refractivity contribution in [1.82, 2.24) is 0 Å². The molecule has 0 aliphatic carbocycles. The standard InChI is InChI=1S/C8H18NO3/c10-5-3-9(4-6-11)2-1-8(12)7-9/h8,10-12H,1-7H2/q+1. The molecule has 3 N–H and O–H groups in total. The quantitative estimate of drug-likeness (QED) is 0.459. The van der Waals surface area contributed by atoms with Gasteiger partial charge in [0.1, 0.15) is 25.7 Å². The Morgan fingerprint density at radius 3 is 2.08 bits per heavy atom. The highest BCUT2D eigenvalue weighted by atomic mass is 16.3. The Kier molecular flexibility index (Phi) is 3.46. The van der Waals surface area contributed by atoms with E-state index in [1.54, 1.807) is 0 Å². The fraction of sp³-hybridized carbons (Fsp3) is 1.00. The minimum absolute atomic E-state index is 0.132. The molecule has 0 aromatic rings. The van der Waals surface area contributed by atoms with E-state index >= 15 is 0 Å². The third-order valence-electron chi connectivity index (χ3n) is 2.68. The predicted octanol–water partition coefficient (Wildman–Crippen LogP) is -1.45. The van der Waals surface area contributed by atoms with Crippen LogP contribution >= 0.6 is 0 Å². The van der Waals surface area contributed by atoms with Crippen molar-refractivity contribution in [2.24, 2.45) is 0 Å². The molecule has 1 atom stereocenters. The monoisotopic (exact) mass is 176 g/mol. The van der Waals surface area contributed by atoms with Crippen LogP contribution in [0.3, 0.4) is 0 Å². The fourth-order valence-corrected chi connectivity index (χ4v) is 1.99. The summed E-state index contributed by atoms with van der Waals surface area (Å²) in [6, 6.07) is 0. The van der Waals surface area contributed by atoms with Crippen molar-refractivity contribution in [3.8, 4) is 0 Å². The van der Waals surface area contributed by atoms with Gasteiger partial charge in [0.25, 0.3) is 0 Å². The second-order valence-electron chi connectivity index (χ2n) is 3.58. The predicted molar refractivity (Wildman–Crippen MR) is 44.5 cm³/mol. The second-order valence-corrected chi connectivity index (χ2v) is 3.58. The Labute approximate surface area is 72.6 Å². The molecule has 0 aromatic heterocycles. The van der Waals surface area contributed by atoms with E-state index in [4.69, 9.17) is 10.2 Å². The largest absolute Gasteiger partial charge is 0.391 e. The number of rotatable bonds is 4. The highest BCUT2D eigenvalue weighted by Crippen LogP contribution is 2.18. The lowest BCUT2D eigenvalue weighted by atomic mass is 10.3. The van der Waals surface area contributed by atoms with Gasteiger partial charge < -0.3 is 19.8 Å². The lowest BCUT2D eigenvalue weighted by molar-refractivity contribution is -0.918. The number of hydrogen-bond donors (Lipinski definition) is 3. The van der Waals surface area contributed by atoms with Gasteiger partial charge in [-0.15, -0.1) is 0 Å². The van der Waals surface area contributed by atoms with Gasteiger partial charge in [-0.25, -0.2) is 0 Å². The first-order chi connectivity index (χ1) is 5.72. The fourth-order valence-electron chi connectivity index (χ4n) is 1.99. The minimum atomic E-state index is -0.247. The van der Waals surface area contributed by atoms with Crippen LogP contribution in [0.5, 0.6) is 0 Å². The van der Waals surface area contributed by atoms with E-state index in [-0.39, 0.29) is 19.3 Å². The summed E-state index contributed by atoms with van der Waals surface area (Å²) in [4.78, 5) is 0. The molecule has 0 bridgehead atoms. The summed E-state index contributed by atoms with van der Waals surface area (Å²) in [7, 11) is 0. The van der Waals surface area contributed by atoms with Gasteiger partial charge in [0.2, 0.25) is 0 Å². The summed E-state index contributed by atoms with van der Waals surface area (Å²) < 4.78 is 0.675. The van der Waals surface area contributed by atoms with Crippen LogP contribution in [0.4, 0.5) is 0 Å². The molecule has 0 amide bonds. The molecule has 0 spiro atoms. The molecule has 4 heteroatoms. The van der Waals surface area contributed by atoms with Crippen LogP contribution in [0.1, 0.15) is 6.42 Å². The van der Waals surface area contributed by atoms with E-state index in [1.807, 2.05) is 0 Å². The molecule has 1 heterocycles. The Bertz CT molecular complexity index is 129. The number of hydrogen-bond acceptors (Lipinski definition) is 3. The first kappa shape index (κ1) is 9.92. The van der Waals surface area contributed by atoms with E-state index in [1.165, 1.54) is 0 Å². The van der Waals surface area contributed by atoms with Gasteiger partial charge in [-0.05, 0) is 0 Å². The van der Waals surface area contributed by atoms with E-state index in [2.05, 4.69) is 0 Å². The average Bonchev–Trinajstić information content (AvgIpc) is 2.34. The molecule has 1 saturated heterocycles. The molecule has 0 radical (unpaired) electrons. The van der Waals surface area contributed by atoms with Crippen molar-refractivity contribution in [2.75, 3.05) is 39.4 Å². The summed E-state index contributed by atoms with van der Waals surface area (Å²) in [5.74, 6) is 0. The third-order valence-corrected chi connectivity index (χ3v) is 2.68. The Hall–Kier alpha value is -0.160. The Morgan fingerprint density at radius 2 is 1.75 bits per heavy atom. The Balaban J connectivity index is 2.48. The maximum Gasteiger partial charge on any atom is 0.108 e. The lowest BCUT2D eigenvalue weighted by Crippen LogP contribution is -2.50. The summed E-state index contributed by atoms with van der Waals surface area (Å²) >= 11 is 0. The van der Waals surface area contributed by atoms with Crippen LogP contribution in [-0.4, -0.2) is 65.3 Å². The third kappa shape index (κ3) is 2.17. The van der Waals surface area contributed by atoms with Gasteiger partial charge in [-0.1, -0.05) is 0 Å². The van der Waals surface area contributed by atoms with E-state index in [0.29, 0.717) is 24.1 Å². The van der Waals surface area contributed by atoms with Gasteiger partial charge in [-0.2, -0.15) is 0 Å². The molecular formula is C8H18NO3+. The topological polar surface area (TPSA) is 60.7 Å². The molecule has 1 unspecified atom stereocenters. The maximum atomic E-state index is 9.34. The van der Waals surface area contributed by atoms with Crippen LogP contribution < -0.4 is 0 Å². The number of aliphatic hydroxyl groups is 3. The molecule has 0 saturated carbocycles. The van der Waals surface area contributed by atoms with Crippen molar-refractivity contribution in [3.63, 3.8) is 0 Å². The highest BCUT2D eigenvalue weighted by molar-refractivity contribution is 4.64. The molecule has 1 fully saturated rings. The van der Waals surface area contributed by atoms with Crippen LogP contribution in [0.25, 0.3) is 0 Å². The minimum Gasteiger partial charge on any atom is -0.391 e. The van der Waals surface area contributed by atoms with E-state index in [0.717, 1.165) is 13.0 Å². The zero-order valence-electron chi connectivity index (χ0n) is 7.32. The van der Waals surface area contributed by atoms with Gasteiger partial charge in [0.05, 0.1) is 19.8 Å². The summed E-state index contributed by atoms with van der Waals surface area (Å²) in [6.45, 7) is 3.12. The van der Waals surface area contributed by atoms with Crippen molar-refractivity contribution < 1.29 is 19.8 Å². The van der Waals surface area contributed by atoms with Gasteiger partial charge >= 0.3 is 0 Å². The first-order valence-electron chi connectivity index (χ1n) is 4.47. The average molecular weight is 176 g/mol. The van der Waals surface area contributed by atoms with Crippen molar-refractivity contribution >= 4 is 0 Å². The zero-order valence-corrected chi connectivity index (χ0v) is 7.32. The van der Waals surface area contributed by atoms with E-state index in [9.17, 15) is 5.11 Å². The molecule has 12 heavy (non-hydrogen) atoms. The SMILES string of the molecule is OCC[N+]1(CCO)CCC(O)C1. The number of aliphatic hydroxyl groups excluding tert-OH is 3. The molecule has 4 nitrogen and oxygen atoms in total. The summed E-state index contributed by atoms with van der Waals surface area (Å²) in [5.41, 5.74) is 0. The van der Waals surface area contributed by atoms with Crippen LogP contribution in [0.15, 0.2) is 0 Å². The van der Waals surface area contributed by atoms with Gasteiger partial charge in [-0.3, -0.25) is 0 Å². The Morgan fingerprint density at radius 1 is 1.17 bits per heavy atom. The number of likely N-dealkylation sites (tertiary alicyclic amines) is 1. The summed E-state index contributed by atoms with van der Waals surface area (Å²) in [6.07, 6.45) is 0.545. The first-order valence-corrected chi connectivity index (χ1v) is 4.47. The van der Waals surface area contributed by atoms with Crippen molar-refractivity contribution in [1.29, 1.82) is 0 Å². The van der Waals surface area contributed by atoms with Crippen LogP contribution in [0, 0.1) is 0 Å². The molecule has 1 aliphatic rings. The van der Waals surface area contributed by atoms with Gasteiger partial charge in [0, 0.05) is 6.42 Å².